The second-order valence-electron chi connectivity index (χ2n) is 7.46. The fourth-order valence-electron chi connectivity index (χ4n) is 3.44. The summed E-state index contributed by atoms with van der Waals surface area (Å²) in [6.07, 6.45) is 0.292. The van der Waals surface area contributed by atoms with Gasteiger partial charge < -0.3 is 19.1 Å². The first kappa shape index (κ1) is 18.1. The van der Waals surface area contributed by atoms with Crippen molar-refractivity contribution in [1.29, 1.82) is 5.26 Å². The number of ether oxygens (including phenoxy) is 3. The van der Waals surface area contributed by atoms with Gasteiger partial charge in [-0.1, -0.05) is 20.8 Å². The molecule has 25 heavy (non-hydrogen) atoms. The predicted octanol–water partition coefficient (Wildman–Crippen LogP) is 1.58. The Morgan fingerprint density at radius 1 is 1.12 bits per heavy atom. The smallest absolute Gasteiger partial charge is 0.303 e. The highest BCUT2D eigenvalue weighted by Gasteiger charge is 2.73. The minimum atomic E-state index is -0.605. The monoisotopic (exact) mass is 366 g/mol. The molecule has 0 aromatic carbocycles. The molecule has 0 aromatic rings. The summed E-state index contributed by atoms with van der Waals surface area (Å²) < 4.78 is 16.4. The molecule has 0 aromatic heterocycles. The number of epoxide rings is 1. The van der Waals surface area contributed by atoms with Gasteiger partial charge in [-0.15, -0.1) is 11.8 Å². The van der Waals surface area contributed by atoms with E-state index >= 15 is 0 Å². The number of nitriles is 1. The molecule has 3 fully saturated rings. The molecule has 0 N–H and O–H groups in total. The van der Waals surface area contributed by atoms with Crippen LogP contribution in [0.25, 0.3) is 0 Å². The van der Waals surface area contributed by atoms with E-state index < -0.39 is 24.1 Å². The van der Waals surface area contributed by atoms with Gasteiger partial charge in [-0.2, -0.15) is 5.26 Å². The standard InChI is InChI=1S/C17H22N2O5S/c1-8(20)22-13-11-12(14-16(24-14)15(13)23-9(2)21)19(11)7-10(6-18)25-17(3,4)5/h7,11-16H,1-5H3/b10-7-/t11-,12+,13-,14+,15+,16+,19?/m1/s1. The van der Waals surface area contributed by atoms with Crippen molar-refractivity contribution in [2.24, 2.45) is 0 Å². The number of hydrogen-bond donors (Lipinski definition) is 0. The van der Waals surface area contributed by atoms with E-state index in [1.54, 1.807) is 6.20 Å². The van der Waals surface area contributed by atoms with Crippen LogP contribution in [-0.2, 0) is 23.8 Å². The number of nitrogens with zero attached hydrogens (tertiary/aromatic N) is 2. The van der Waals surface area contributed by atoms with Crippen LogP contribution in [0, 0.1) is 11.3 Å². The van der Waals surface area contributed by atoms with Crippen LogP contribution in [0.15, 0.2) is 11.1 Å². The molecule has 1 aliphatic carbocycles. The fourth-order valence-corrected chi connectivity index (χ4v) is 4.32. The molecular weight excluding hydrogens is 344 g/mol. The Labute approximate surface area is 151 Å². The SMILES string of the molecule is CC(=O)O[C@@H]1[C@H]2O[C@H]2[C@@H]2[C@H]([C@H]1OC(C)=O)N2/C=C(/C#N)SC(C)(C)C. The van der Waals surface area contributed by atoms with Gasteiger partial charge in [-0.05, 0) is 0 Å². The van der Waals surface area contributed by atoms with Crippen LogP contribution in [0.4, 0.5) is 0 Å². The Morgan fingerprint density at radius 2 is 1.72 bits per heavy atom. The average Bonchev–Trinajstić information content (AvgIpc) is 3.33. The number of carbonyl (C=O) groups excluding carboxylic acids is 2. The van der Waals surface area contributed by atoms with Gasteiger partial charge in [0.15, 0.2) is 12.2 Å². The summed E-state index contributed by atoms with van der Waals surface area (Å²) >= 11 is 1.48. The third-order valence-electron chi connectivity index (χ3n) is 4.23. The summed E-state index contributed by atoms with van der Waals surface area (Å²) in [7, 11) is 0. The summed E-state index contributed by atoms with van der Waals surface area (Å²) in [6, 6.07) is 2.12. The van der Waals surface area contributed by atoms with E-state index in [0.29, 0.717) is 4.91 Å². The minimum absolute atomic E-state index is 0.0464. The predicted molar refractivity (Wildman–Crippen MR) is 90.2 cm³/mol. The highest BCUT2D eigenvalue weighted by Crippen LogP contribution is 2.53. The van der Waals surface area contributed by atoms with Gasteiger partial charge in [0.2, 0.25) is 0 Å². The number of carbonyl (C=O) groups is 2. The third kappa shape index (κ3) is 3.77. The number of esters is 2. The van der Waals surface area contributed by atoms with Crippen molar-refractivity contribution in [3.63, 3.8) is 0 Å². The van der Waals surface area contributed by atoms with Crippen molar-refractivity contribution >= 4 is 23.7 Å². The highest BCUT2D eigenvalue weighted by molar-refractivity contribution is 8.04. The molecule has 3 aliphatic rings. The van der Waals surface area contributed by atoms with Gasteiger partial charge in [0.05, 0.1) is 12.1 Å². The molecular formula is C17H22N2O5S. The Kier molecular flexibility index (Phi) is 4.50. The van der Waals surface area contributed by atoms with Crippen molar-refractivity contribution in [2.45, 2.75) is 75.9 Å². The second kappa shape index (κ2) is 6.22. The van der Waals surface area contributed by atoms with Crippen molar-refractivity contribution in [2.75, 3.05) is 0 Å². The molecule has 0 bridgehead atoms. The molecule has 0 spiro atoms. The number of likely N-dealkylation sites (tertiary alicyclic amines) is 1. The zero-order valence-electron chi connectivity index (χ0n) is 14.9. The molecule has 2 saturated heterocycles. The van der Waals surface area contributed by atoms with Crippen LogP contribution >= 0.6 is 11.8 Å². The van der Waals surface area contributed by atoms with E-state index in [1.807, 2.05) is 25.7 Å². The molecule has 0 amide bonds. The van der Waals surface area contributed by atoms with Crippen LogP contribution in [0.2, 0.25) is 0 Å². The summed E-state index contributed by atoms with van der Waals surface area (Å²) in [5.41, 5.74) is 0. The molecule has 0 radical (unpaired) electrons. The Bertz CT molecular complexity index is 665. The fraction of sp³-hybridized carbons (Fsp3) is 0.706. The van der Waals surface area contributed by atoms with Crippen LogP contribution in [0.1, 0.15) is 34.6 Å². The van der Waals surface area contributed by atoms with Crippen molar-refractivity contribution < 1.29 is 23.8 Å². The van der Waals surface area contributed by atoms with Crippen molar-refractivity contribution in [3.8, 4) is 6.07 Å². The lowest BCUT2D eigenvalue weighted by molar-refractivity contribution is -0.167. The lowest BCUT2D eigenvalue weighted by Gasteiger charge is -2.26. The maximum Gasteiger partial charge on any atom is 0.303 e. The topological polar surface area (TPSA) is 91.9 Å². The highest BCUT2D eigenvalue weighted by atomic mass is 32.2. The quantitative estimate of drug-likeness (QED) is 0.421. The molecule has 3 rings (SSSR count). The van der Waals surface area contributed by atoms with Gasteiger partial charge in [0.1, 0.15) is 23.2 Å². The van der Waals surface area contributed by atoms with Crippen molar-refractivity contribution in [3.05, 3.63) is 11.1 Å². The number of fused-ring (bicyclic) bond motifs is 3. The molecule has 6 atom stereocenters. The first-order valence-electron chi connectivity index (χ1n) is 8.20. The molecule has 2 heterocycles. The Balaban J connectivity index is 1.81. The van der Waals surface area contributed by atoms with E-state index in [0.717, 1.165) is 0 Å². The maximum atomic E-state index is 11.5. The van der Waals surface area contributed by atoms with E-state index in [2.05, 4.69) is 6.07 Å². The number of thioether (sulfide) groups is 1. The van der Waals surface area contributed by atoms with Crippen LogP contribution < -0.4 is 0 Å². The van der Waals surface area contributed by atoms with Gasteiger partial charge >= 0.3 is 11.9 Å². The Hall–Kier alpha value is -1.72. The molecule has 136 valence electrons. The number of rotatable bonds is 4. The normalized spacial score (nSPS) is 35.8. The number of allylic oxidation sites excluding steroid dienone is 1. The molecule has 2 aliphatic heterocycles. The lowest BCUT2D eigenvalue weighted by Crippen LogP contribution is -2.47. The Morgan fingerprint density at radius 3 is 2.24 bits per heavy atom. The molecule has 1 saturated carbocycles. The molecule has 7 nitrogen and oxygen atoms in total. The van der Waals surface area contributed by atoms with Crippen LogP contribution in [-0.4, -0.2) is 58.1 Å². The van der Waals surface area contributed by atoms with Gasteiger partial charge in [-0.3, -0.25) is 9.59 Å². The molecule has 0 unspecified atom stereocenters. The summed E-state index contributed by atoms with van der Waals surface area (Å²) in [6.45, 7) is 8.77. The zero-order valence-corrected chi connectivity index (χ0v) is 15.7. The summed E-state index contributed by atoms with van der Waals surface area (Å²) in [5, 5.41) is 9.41. The van der Waals surface area contributed by atoms with Gasteiger partial charge in [-0.25, -0.2) is 0 Å². The zero-order chi connectivity index (χ0) is 18.5. The van der Waals surface area contributed by atoms with Crippen LogP contribution in [0.5, 0.6) is 0 Å². The minimum Gasteiger partial charge on any atom is -0.456 e. The summed E-state index contributed by atoms with van der Waals surface area (Å²) in [5.74, 6) is -0.862. The average molecular weight is 366 g/mol. The first-order valence-corrected chi connectivity index (χ1v) is 9.02. The summed E-state index contributed by atoms with van der Waals surface area (Å²) in [4.78, 5) is 25.5. The lowest BCUT2D eigenvalue weighted by atomic mass is 9.94. The van der Waals surface area contributed by atoms with E-state index in [1.165, 1.54) is 25.6 Å². The number of hydrogen-bond acceptors (Lipinski definition) is 8. The van der Waals surface area contributed by atoms with E-state index in [-0.39, 0.29) is 29.0 Å². The maximum absolute atomic E-state index is 11.5. The third-order valence-corrected chi connectivity index (χ3v) is 5.26. The first-order chi connectivity index (χ1) is 11.6. The van der Waals surface area contributed by atoms with Crippen LogP contribution in [0.3, 0.4) is 0 Å². The van der Waals surface area contributed by atoms with Gasteiger partial charge in [0, 0.05) is 24.8 Å². The van der Waals surface area contributed by atoms with Crippen molar-refractivity contribution in [1.82, 2.24) is 4.90 Å². The molecule has 8 heteroatoms. The van der Waals surface area contributed by atoms with E-state index in [4.69, 9.17) is 14.2 Å². The largest absolute Gasteiger partial charge is 0.456 e. The van der Waals surface area contributed by atoms with E-state index in [9.17, 15) is 14.9 Å². The second-order valence-corrected chi connectivity index (χ2v) is 9.33. The van der Waals surface area contributed by atoms with Gasteiger partial charge in [0.25, 0.3) is 0 Å².